The van der Waals surface area contributed by atoms with Gasteiger partial charge in [0.05, 0.1) is 5.60 Å². The largest absolute Gasteiger partial charge is 0.375 e. The second-order valence-corrected chi connectivity index (χ2v) is 5.04. The van der Waals surface area contributed by atoms with Gasteiger partial charge in [0, 0.05) is 13.2 Å². The van der Waals surface area contributed by atoms with Crippen LogP contribution in [0.1, 0.15) is 33.6 Å². The molecule has 0 spiro atoms. The predicted molar refractivity (Wildman–Crippen MR) is 64.2 cm³/mol. The summed E-state index contributed by atoms with van der Waals surface area (Å²) in [5, 5.41) is 6.95. The molecule has 1 aliphatic heterocycles. The molecule has 1 aliphatic rings. The highest BCUT2D eigenvalue weighted by atomic mass is 16.5. The number of ether oxygens (including phenoxy) is 1. The Bertz CT molecular complexity index is 165. The van der Waals surface area contributed by atoms with Crippen molar-refractivity contribution in [3.8, 4) is 0 Å². The van der Waals surface area contributed by atoms with Crippen LogP contribution in [-0.4, -0.2) is 38.4 Å². The predicted octanol–water partition coefficient (Wildman–Crippen LogP) is 1.39. The highest BCUT2D eigenvalue weighted by Gasteiger charge is 2.18. The summed E-state index contributed by atoms with van der Waals surface area (Å²) in [7, 11) is 0. The van der Waals surface area contributed by atoms with Gasteiger partial charge in [-0.3, -0.25) is 0 Å². The Morgan fingerprint density at radius 3 is 2.87 bits per heavy atom. The lowest BCUT2D eigenvalue weighted by Crippen LogP contribution is -2.42. The fourth-order valence-electron chi connectivity index (χ4n) is 2.12. The monoisotopic (exact) mass is 214 g/mol. The Morgan fingerprint density at radius 1 is 1.47 bits per heavy atom. The Labute approximate surface area is 94.0 Å². The third kappa shape index (κ3) is 5.50. The maximum absolute atomic E-state index is 5.64. The minimum Gasteiger partial charge on any atom is -0.375 e. The van der Waals surface area contributed by atoms with Crippen molar-refractivity contribution in [1.82, 2.24) is 10.6 Å². The molecule has 0 bridgehead atoms. The maximum atomic E-state index is 5.64. The summed E-state index contributed by atoms with van der Waals surface area (Å²) < 4.78 is 5.64. The van der Waals surface area contributed by atoms with E-state index in [1.54, 1.807) is 0 Å². The van der Waals surface area contributed by atoms with E-state index in [0.29, 0.717) is 0 Å². The molecule has 0 aliphatic carbocycles. The van der Waals surface area contributed by atoms with Crippen LogP contribution in [0.25, 0.3) is 0 Å². The van der Waals surface area contributed by atoms with Crippen LogP contribution < -0.4 is 10.6 Å². The van der Waals surface area contributed by atoms with Gasteiger partial charge in [-0.1, -0.05) is 0 Å². The molecule has 1 heterocycles. The topological polar surface area (TPSA) is 33.3 Å². The zero-order chi connectivity index (χ0) is 11.1. The smallest absolute Gasteiger partial charge is 0.0750 e. The standard InChI is InChI=1S/C12H26N2O/c1-4-15-12(2,3)10-14-9-11-6-5-7-13-8-11/h11,13-14H,4-10H2,1-3H3. The summed E-state index contributed by atoms with van der Waals surface area (Å²) in [5.41, 5.74) is -0.0309. The minimum absolute atomic E-state index is 0.0309. The molecule has 0 aromatic heterocycles. The molecule has 2 N–H and O–H groups in total. The van der Waals surface area contributed by atoms with Crippen molar-refractivity contribution in [2.45, 2.75) is 39.2 Å². The first-order valence-electron chi connectivity index (χ1n) is 6.19. The molecule has 90 valence electrons. The van der Waals surface area contributed by atoms with E-state index >= 15 is 0 Å². The summed E-state index contributed by atoms with van der Waals surface area (Å²) in [6, 6.07) is 0. The van der Waals surface area contributed by atoms with E-state index in [4.69, 9.17) is 4.74 Å². The van der Waals surface area contributed by atoms with Crippen molar-refractivity contribution in [1.29, 1.82) is 0 Å². The second kappa shape index (κ2) is 6.46. The van der Waals surface area contributed by atoms with E-state index < -0.39 is 0 Å². The molecular formula is C12H26N2O. The van der Waals surface area contributed by atoms with Crippen molar-refractivity contribution < 1.29 is 4.74 Å². The number of rotatable bonds is 6. The molecule has 1 fully saturated rings. The zero-order valence-electron chi connectivity index (χ0n) is 10.4. The van der Waals surface area contributed by atoms with Gasteiger partial charge in [-0.05, 0) is 59.2 Å². The molecule has 0 aromatic rings. The van der Waals surface area contributed by atoms with Gasteiger partial charge in [0.1, 0.15) is 0 Å². The molecule has 3 heteroatoms. The van der Waals surface area contributed by atoms with Crippen molar-refractivity contribution in [3.63, 3.8) is 0 Å². The van der Waals surface area contributed by atoms with E-state index in [-0.39, 0.29) is 5.60 Å². The fraction of sp³-hybridized carbons (Fsp3) is 1.00. The van der Waals surface area contributed by atoms with Gasteiger partial charge in [-0.25, -0.2) is 0 Å². The normalized spacial score (nSPS) is 23.0. The molecule has 0 amide bonds. The Kier molecular flexibility index (Phi) is 5.58. The molecule has 1 atom stereocenters. The molecule has 0 saturated carbocycles. The summed E-state index contributed by atoms with van der Waals surface area (Å²) in [5.74, 6) is 0.802. The number of piperidine rings is 1. The first-order chi connectivity index (χ1) is 7.14. The Morgan fingerprint density at radius 2 is 2.27 bits per heavy atom. The van der Waals surface area contributed by atoms with Gasteiger partial charge in [-0.2, -0.15) is 0 Å². The van der Waals surface area contributed by atoms with Crippen LogP contribution in [0, 0.1) is 5.92 Å². The first kappa shape index (κ1) is 12.9. The molecule has 0 radical (unpaired) electrons. The number of hydrogen-bond acceptors (Lipinski definition) is 3. The number of nitrogens with one attached hydrogen (secondary N) is 2. The minimum atomic E-state index is -0.0309. The van der Waals surface area contributed by atoms with E-state index in [9.17, 15) is 0 Å². The quantitative estimate of drug-likeness (QED) is 0.701. The molecule has 1 unspecified atom stereocenters. The van der Waals surface area contributed by atoms with Crippen LogP contribution in [0.3, 0.4) is 0 Å². The third-order valence-corrected chi connectivity index (χ3v) is 2.92. The van der Waals surface area contributed by atoms with Crippen LogP contribution in [0.4, 0.5) is 0 Å². The molecule has 3 nitrogen and oxygen atoms in total. The summed E-state index contributed by atoms with van der Waals surface area (Å²) in [4.78, 5) is 0. The average Bonchev–Trinajstić information content (AvgIpc) is 2.19. The van der Waals surface area contributed by atoms with E-state index in [2.05, 4.69) is 24.5 Å². The highest BCUT2D eigenvalue weighted by Crippen LogP contribution is 2.10. The zero-order valence-corrected chi connectivity index (χ0v) is 10.4. The molecular weight excluding hydrogens is 188 g/mol. The molecule has 0 aromatic carbocycles. The van der Waals surface area contributed by atoms with Crippen molar-refractivity contribution >= 4 is 0 Å². The SMILES string of the molecule is CCOC(C)(C)CNCC1CCCNC1. The lowest BCUT2D eigenvalue weighted by atomic mass is 9.99. The molecule has 1 saturated heterocycles. The van der Waals surface area contributed by atoms with Gasteiger partial charge in [0.25, 0.3) is 0 Å². The Hall–Kier alpha value is -0.120. The molecule has 15 heavy (non-hydrogen) atoms. The van der Waals surface area contributed by atoms with Gasteiger partial charge < -0.3 is 15.4 Å². The van der Waals surface area contributed by atoms with Crippen LogP contribution >= 0.6 is 0 Å². The van der Waals surface area contributed by atoms with Crippen molar-refractivity contribution in [2.24, 2.45) is 5.92 Å². The van der Waals surface area contributed by atoms with E-state index in [0.717, 1.165) is 25.6 Å². The Balaban J connectivity index is 2.09. The second-order valence-electron chi connectivity index (χ2n) is 5.04. The third-order valence-electron chi connectivity index (χ3n) is 2.92. The van der Waals surface area contributed by atoms with Crippen LogP contribution in [0.2, 0.25) is 0 Å². The van der Waals surface area contributed by atoms with Gasteiger partial charge in [-0.15, -0.1) is 0 Å². The van der Waals surface area contributed by atoms with Crippen LogP contribution in [-0.2, 0) is 4.74 Å². The van der Waals surface area contributed by atoms with Gasteiger partial charge >= 0.3 is 0 Å². The van der Waals surface area contributed by atoms with Gasteiger partial charge in [0.15, 0.2) is 0 Å². The lowest BCUT2D eigenvalue weighted by molar-refractivity contribution is -0.00935. The summed E-state index contributed by atoms with van der Waals surface area (Å²) >= 11 is 0. The summed E-state index contributed by atoms with van der Waals surface area (Å²) in [6.07, 6.45) is 2.68. The maximum Gasteiger partial charge on any atom is 0.0750 e. The molecule has 1 rings (SSSR count). The van der Waals surface area contributed by atoms with Gasteiger partial charge in [0.2, 0.25) is 0 Å². The van der Waals surface area contributed by atoms with Crippen LogP contribution in [0.5, 0.6) is 0 Å². The number of hydrogen-bond donors (Lipinski definition) is 2. The first-order valence-corrected chi connectivity index (χ1v) is 6.19. The van der Waals surface area contributed by atoms with Crippen molar-refractivity contribution in [3.05, 3.63) is 0 Å². The van der Waals surface area contributed by atoms with Crippen LogP contribution in [0.15, 0.2) is 0 Å². The van der Waals surface area contributed by atoms with E-state index in [1.165, 1.54) is 25.9 Å². The average molecular weight is 214 g/mol. The fourth-order valence-corrected chi connectivity index (χ4v) is 2.12. The lowest BCUT2D eigenvalue weighted by Gasteiger charge is -2.28. The highest BCUT2D eigenvalue weighted by molar-refractivity contribution is 4.75. The van der Waals surface area contributed by atoms with Crippen molar-refractivity contribution in [2.75, 3.05) is 32.8 Å². The summed E-state index contributed by atoms with van der Waals surface area (Å²) in [6.45, 7) is 11.5. The van der Waals surface area contributed by atoms with E-state index in [1.807, 2.05) is 6.92 Å².